The van der Waals surface area contributed by atoms with Crippen molar-refractivity contribution < 1.29 is 23.8 Å². The topological polar surface area (TPSA) is 79.7 Å². The minimum absolute atomic E-state index is 0.0802. The van der Waals surface area contributed by atoms with E-state index in [1.807, 2.05) is 32.9 Å². The van der Waals surface area contributed by atoms with Crippen LogP contribution in [0.15, 0.2) is 60.2 Å². The van der Waals surface area contributed by atoms with Crippen molar-refractivity contribution in [2.24, 2.45) is 0 Å². The largest absolute Gasteiger partial charge is 0.507 e. The van der Waals surface area contributed by atoms with Gasteiger partial charge in [-0.2, -0.15) is 0 Å². The molecule has 1 fully saturated rings. The number of nitrogens with zero attached hydrogens (tertiary/aromatic N) is 2. The van der Waals surface area contributed by atoms with Gasteiger partial charge in [0.1, 0.15) is 17.3 Å². The molecule has 6 nitrogen and oxygen atoms in total. The van der Waals surface area contributed by atoms with E-state index in [1.54, 1.807) is 25.3 Å². The molecule has 1 atom stereocenters. The maximum Gasteiger partial charge on any atom is 0.301 e. The highest BCUT2D eigenvalue weighted by molar-refractivity contribution is 7.22. The quantitative estimate of drug-likeness (QED) is 0.210. The number of aliphatic hydroxyl groups excluding tert-OH is 1. The van der Waals surface area contributed by atoms with Crippen LogP contribution in [0.3, 0.4) is 0 Å². The highest BCUT2D eigenvalue weighted by Crippen LogP contribution is 2.45. The molecule has 2 heterocycles. The Labute approximate surface area is 211 Å². The summed E-state index contributed by atoms with van der Waals surface area (Å²) >= 11 is 1.29. The zero-order chi connectivity index (χ0) is 25.7. The Hall–Kier alpha value is -4.04. The number of rotatable bonds is 4. The first-order valence-corrected chi connectivity index (χ1v) is 12.1. The van der Waals surface area contributed by atoms with E-state index in [4.69, 9.17) is 9.72 Å². The van der Waals surface area contributed by atoms with Crippen LogP contribution < -0.4 is 9.64 Å². The number of fused-ring (bicyclic) bond motifs is 1. The van der Waals surface area contributed by atoms with Gasteiger partial charge in [0, 0.05) is 5.56 Å². The predicted molar refractivity (Wildman–Crippen MR) is 138 cm³/mol. The molecule has 1 amide bonds. The molecule has 182 valence electrons. The van der Waals surface area contributed by atoms with Gasteiger partial charge in [-0.15, -0.1) is 0 Å². The molecule has 0 unspecified atom stereocenters. The molecule has 1 saturated heterocycles. The molecule has 0 aliphatic carbocycles. The van der Waals surface area contributed by atoms with Crippen LogP contribution in [0, 0.1) is 26.6 Å². The van der Waals surface area contributed by atoms with Gasteiger partial charge in [0.25, 0.3) is 5.78 Å². The first-order chi connectivity index (χ1) is 17.2. The second-order valence-electron chi connectivity index (χ2n) is 8.83. The van der Waals surface area contributed by atoms with E-state index in [1.165, 1.54) is 40.5 Å². The average Bonchev–Trinajstić information content (AvgIpc) is 3.38. The van der Waals surface area contributed by atoms with E-state index >= 15 is 0 Å². The number of amides is 1. The second kappa shape index (κ2) is 8.87. The number of aliphatic hydroxyl groups is 1. The van der Waals surface area contributed by atoms with E-state index in [0.717, 1.165) is 26.9 Å². The fraction of sp³-hybridized carbons (Fsp3) is 0.179. The number of halogens is 1. The van der Waals surface area contributed by atoms with Crippen LogP contribution in [0.5, 0.6) is 5.75 Å². The average molecular weight is 503 g/mol. The number of ketones is 1. The lowest BCUT2D eigenvalue weighted by Gasteiger charge is -2.23. The molecule has 0 saturated carbocycles. The molecular formula is C28H23FN2O4S. The zero-order valence-electron chi connectivity index (χ0n) is 20.1. The molecule has 36 heavy (non-hydrogen) atoms. The third kappa shape index (κ3) is 3.83. The van der Waals surface area contributed by atoms with E-state index in [0.29, 0.717) is 22.0 Å². The number of benzene rings is 3. The predicted octanol–water partition coefficient (Wildman–Crippen LogP) is 6.00. The summed E-state index contributed by atoms with van der Waals surface area (Å²) in [6.45, 7) is 5.74. The molecule has 1 aliphatic rings. The number of carbonyl (C=O) groups excluding carboxylic acids is 2. The number of methoxy groups -OCH3 is 1. The van der Waals surface area contributed by atoms with Crippen LogP contribution in [0.4, 0.5) is 9.52 Å². The maximum absolute atomic E-state index is 13.8. The summed E-state index contributed by atoms with van der Waals surface area (Å²) < 4.78 is 20.0. The van der Waals surface area contributed by atoms with Crippen molar-refractivity contribution in [1.82, 2.24) is 4.98 Å². The third-order valence-corrected chi connectivity index (χ3v) is 7.32. The Bertz CT molecular complexity index is 1570. The summed E-state index contributed by atoms with van der Waals surface area (Å²) in [5.41, 5.74) is 4.28. The van der Waals surface area contributed by atoms with Crippen LogP contribution in [-0.4, -0.2) is 28.9 Å². The number of carbonyl (C=O) groups is 2. The SMILES string of the molecule is COc1ccc(C(O)=C2C(=O)C(=O)N(c3nc4c(C)cc(C)cc4s3)[C@H]2c2ccc(F)cc2)cc1C. The molecule has 3 aromatic carbocycles. The summed E-state index contributed by atoms with van der Waals surface area (Å²) in [6.07, 6.45) is 0. The molecule has 0 radical (unpaired) electrons. The number of aromatic nitrogens is 1. The van der Waals surface area contributed by atoms with Gasteiger partial charge >= 0.3 is 5.91 Å². The Balaban J connectivity index is 1.73. The summed E-state index contributed by atoms with van der Waals surface area (Å²) in [5.74, 6) is -1.77. The normalized spacial score (nSPS) is 17.2. The van der Waals surface area contributed by atoms with Crippen molar-refractivity contribution in [2.75, 3.05) is 12.0 Å². The maximum atomic E-state index is 13.8. The lowest BCUT2D eigenvalue weighted by atomic mass is 9.95. The Morgan fingerprint density at radius 3 is 2.42 bits per heavy atom. The molecule has 5 rings (SSSR count). The van der Waals surface area contributed by atoms with Crippen molar-refractivity contribution in [3.05, 3.63) is 93.8 Å². The number of anilines is 1. The molecule has 4 aromatic rings. The van der Waals surface area contributed by atoms with E-state index < -0.39 is 23.5 Å². The molecular weight excluding hydrogens is 479 g/mol. The van der Waals surface area contributed by atoms with E-state index in [-0.39, 0.29) is 11.3 Å². The van der Waals surface area contributed by atoms with E-state index in [2.05, 4.69) is 0 Å². The lowest BCUT2D eigenvalue weighted by molar-refractivity contribution is -0.132. The van der Waals surface area contributed by atoms with Crippen LogP contribution in [0.25, 0.3) is 16.0 Å². The van der Waals surface area contributed by atoms with Gasteiger partial charge in [-0.05, 0) is 79.4 Å². The van der Waals surface area contributed by atoms with Crippen LogP contribution >= 0.6 is 11.3 Å². The van der Waals surface area contributed by atoms with Gasteiger partial charge < -0.3 is 9.84 Å². The van der Waals surface area contributed by atoms with Gasteiger partial charge in [-0.3, -0.25) is 14.5 Å². The van der Waals surface area contributed by atoms with Gasteiger partial charge in [0.15, 0.2) is 5.13 Å². The minimum atomic E-state index is -0.977. The number of hydrogen-bond acceptors (Lipinski definition) is 6. The summed E-state index contributed by atoms with van der Waals surface area (Å²) in [6, 6.07) is 13.5. The number of thiazole rings is 1. The standard InChI is InChI=1S/C28H23FN2O4S/c1-14-11-16(3)23-21(12-14)36-28(30-23)31-24(17-5-8-19(29)9-6-17)22(26(33)27(31)34)25(32)18-7-10-20(35-4)15(2)13-18/h5-13,24,32H,1-4H3/t24-/m0/s1. The molecule has 8 heteroatoms. The van der Waals surface area contributed by atoms with Gasteiger partial charge in [0.05, 0.1) is 28.9 Å². The van der Waals surface area contributed by atoms with Gasteiger partial charge in [0.2, 0.25) is 0 Å². The molecule has 1 N–H and O–H groups in total. The van der Waals surface area contributed by atoms with Gasteiger partial charge in [-0.25, -0.2) is 9.37 Å². The highest BCUT2D eigenvalue weighted by Gasteiger charge is 2.48. The number of aryl methyl sites for hydroxylation is 3. The number of hydrogen-bond donors (Lipinski definition) is 1. The van der Waals surface area contributed by atoms with Crippen LogP contribution in [0.1, 0.15) is 33.9 Å². The Kier molecular flexibility index (Phi) is 5.84. The fourth-order valence-electron chi connectivity index (χ4n) is 4.63. The van der Waals surface area contributed by atoms with Crippen molar-refractivity contribution in [3.63, 3.8) is 0 Å². The summed E-state index contributed by atoms with van der Waals surface area (Å²) in [5, 5.41) is 11.6. The zero-order valence-corrected chi connectivity index (χ0v) is 20.9. The molecule has 1 aliphatic heterocycles. The van der Waals surface area contributed by atoms with Crippen LogP contribution in [-0.2, 0) is 9.59 Å². The van der Waals surface area contributed by atoms with Crippen LogP contribution in [0.2, 0.25) is 0 Å². The van der Waals surface area contributed by atoms with Crippen molar-refractivity contribution in [3.8, 4) is 5.75 Å². The third-order valence-electron chi connectivity index (χ3n) is 6.32. The molecule has 0 spiro atoms. The second-order valence-corrected chi connectivity index (χ2v) is 9.84. The first kappa shape index (κ1) is 23.7. The number of ether oxygens (including phenoxy) is 1. The monoisotopic (exact) mass is 502 g/mol. The van der Waals surface area contributed by atoms with Gasteiger partial charge in [-0.1, -0.05) is 29.5 Å². The summed E-state index contributed by atoms with van der Waals surface area (Å²) in [4.78, 5) is 32.8. The molecule has 0 bridgehead atoms. The lowest BCUT2D eigenvalue weighted by Crippen LogP contribution is -2.29. The first-order valence-electron chi connectivity index (χ1n) is 11.3. The van der Waals surface area contributed by atoms with Crippen molar-refractivity contribution in [1.29, 1.82) is 0 Å². The Morgan fingerprint density at radius 2 is 1.75 bits per heavy atom. The highest BCUT2D eigenvalue weighted by atomic mass is 32.1. The van der Waals surface area contributed by atoms with Crippen molar-refractivity contribution in [2.45, 2.75) is 26.8 Å². The summed E-state index contributed by atoms with van der Waals surface area (Å²) in [7, 11) is 1.54. The van der Waals surface area contributed by atoms with E-state index in [9.17, 15) is 19.1 Å². The number of Topliss-reactive ketones (excluding diaryl/α,β-unsaturated/α-hetero) is 1. The smallest absolute Gasteiger partial charge is 0.301 e. The fourth-order valence-corrected chi connectivity index (χ4v) is 5.80. The minimum Gasteiger partial charge on any atom is -0.507 e. The Morgan fingerprint density at radius 1 is 1.03 bits per heavy atom. The molecule has 1 aromatic heterocycles. The van der Waals surface area contributed by atoms with Crippen molar-refractivity contribution >= 4 is 44.1 Å².